The highest BCUT2D eigenvalue weighted by Crippen LogP contribution is 2.39. The Morgan fingerprint density at radius 3 is 2.19 bits per heavy atom. The fourth-order valence-corrected chi connectivity index (χ4v) is 4.21. The third-order valence-electron chi connectivity index (χ3n) is 4.89. The molecule has 0 aromatic heterocycles. The van der Waals surface area contributed by atoms with Gasteiger partial charge in [-0.2, -0.15) is 13.2 Å². The average molecular weight is 386 g/mol. The van der Waals surface area contributed by atoms with Crippen LogP contribution in [0.3, 0.4) is 0 Å². The number of alkyl halides is 3. The molecule has 2 aliphatic heterocycles. The molecule has 0 unspecified atom stereocenters. The first-order valence-electron chi connectivity index (χ1n) is 8.78. The Balaban J connectivity index is 1.63. The SMILES string of the molecule is O=C(c1ccccc1SC(F)(F)F)N1CCC(C(=O)N2CCCC2)CC1. The van der Waals surface area contributed by atoms with Crippen LogP contribution in [0.15, 0.2) is 29.2 Å². The third-order valence-corrected chi connectivity index (χ3v) is 5.70. The van der Waals surface area contributed by atoms with Crippen LogP contribution in [0.25, 0.3) is 0 Å². The third kappa shape index (κ3) is 4.52. The van der Waals surface area contributed by atoms with Crippen molar-refractivity contribution < 1.29 is 22.8 Å². The minimum atomic E-state index is -4.44. The van der Waals surface area contributed by atoms with E-state index in [1.54, 1.807) is 11.0 Å². The van der Waals surface area contributed by atoms with Gasteiger partial charge < -0.3 is 9.80 Å². The van der Waals surface area contributed by atoms with E-state index in [2.05, 4.69) is 0 Å². The molecule has 0 atom stereocenters. The standard InChI is InChI=1S/C18H21F3N2O2S/c19-18(20,21)26-15-6-2-1-5-14(15)17(25)23-11-7-13(8-12-23)16(24)22-9-3-4-10-22/h1-2,5-6,13H,3-4,7-12H2. The molecular weight excluding hydrogens is 365 g/mol. The van der Waals surface area contributed by atoms with Crippen LogP contribution in [0.5, 0.6) is 0 Å². The van der Waals surface area contributed by atoms with Crippen LogP contribution in [-0.4, -0.2) is 53.3 Å². The normalized spacial score (nSPS) is 19.0. The molecule has 4 nitrogen and oxygen atoms in total. The van der Waals surface area contributed by atoms with Crippen LogP contribution in [-0.2, 0) is 4.79 Å². The summed E-state index contributed by atoms with van der Waals surface area (Å²) in [7, 11) is 0. The molecule has 0 N–H and O–H groups in total. The summed E-state index contributed by atoms with van der Waals surface area (Å²) in [6.07, 6.45) is 3.21. The fourth-order valence-electron chi connectivity index (χ4n) is 3.55. The highest BCUT2D eigenvalue weighted by Gasteiger charge is 2.34. The molecule has 26 heavy (non-hydrogen) atoms. The number of carbonyl (C=O) groups is 2. The molecule has 3 rings (SSSR count). The monoisotopic (exact) mass is 386 g/mol. The van der Waals surface area contributed by atoms with Gasteiger partial charge in [0.1, 0.15) is 0 Å². The summed E-state index contributed by atoms with van der Waals surface area (Å²) < 4.78 is 38.1. The molecule has 8 heteroatoms. The van der Waals surface area contributed by atoms with Gasteiger partial charge in [-0.25, -0.2) is 0 Å². The van der Waals surface area contributed by atoms with Crippen molar-refractivity contribution in [3.63, 3.8) is 0 Å². The summed E-state index contributed by atoms with van der Waals surface area (Å²) >= 11 is -0.266. The van der Waals surface area contributed by atoms with E-state index in [9.17, 15) is 22.8 Å². The van der Waals surface area contributed by atoms with Crippen molar-refractivity contribution >= 4 is 23.6 Å². The number of hydrogen-bond donors (Lipinski definition) is 0. The molecule has 1 aromatic carbocycles. The van der Waals surface area contributed by atoms with Gasteiger partial charge in [-0.3, -0.25) is 9.59 Å². The zero-order valence-electron chi connectivity index (χ0n) is 14.3. The second-order valence-electron chi connectivity index (χ2n) is 6.64. The van der Waals surface area contributed by atoms with Gasteiger partial charge >= 0.3 is 5.51 Å². The maximum atomic E-state index is 12.7. The van der Waals surface area contributed by atoms with Crippen molar-refractivity contribution in [2.75, 3.05) is 26.2 Å². The second-order valence-corrected chi connectivity index (χ2v) is 7.75. The van der Waals surface area contributed by atoms with Gasteiger partial charge in [0.25, 0.3) is 5.91 Å². The Hall–Kier alpha value is -1.70. The summed E-state index contributed by atoms with van der Waals surface area (Å²) in [5.74, 6) is -0.330. The number of thioether (sulfide) groups is 1. The number of nitrogens with zero attached hydrogens (tertiary/aromatic N) is 2. The number of carbonyl (C=O) groups excluding carboxylic acids is 2. The lowest BCUT2D eigenvalue weighted by Crippen LogP contribution is -2.43. The van der Waals surface area contributed by atoms with Crippen LogP contribution in [0.1, 0.15) is 36.0 Å². The first kappa shape index (κ1) is 19.1. The van der Waals surface area contributed by atoms with Crippen LogP contribution in [0.2, 0.25) is 0 Å². The topological polar surface area (TPSA) is 40.6 Å². The van der Waals surface area contributed by atoms with Gasteiger partial charge in [0.2, 0.25) is 5.91 Å². The predicted octanol–water partition coefficient (Wildman–Crippen LogP) is 3.77. The molecule has 2 fully saturated rings. The van der Waals surface area contributed by atoms with E-state index < -0.39 is 11.4 Å². The van der Waals surface area contributed by atoms with E-state index in [1.165, 1.54) is 18.2 Å². The van der Waals surface area contributed by atoms with Crippen molar-refractivity contribution in [2.24, 2.45) is 5.92 Å². The Kier molecular flexibility index (Phi) is 5.79. The van der Waals surface area contributed by atoms with Crippen molar-refractivity contribution in [3.8, 4) is 0 Å². The molecule has 0 aliphatic carbocycles. The molecule has 2 amide bonds. The zero-order chi connectivity index (χ0) is 18.7. The summed E-state index contributed by atoms with van der Waals surface area (Å²) in [5, 5.41) is 0. The minimum Gasteiger partial charge on any atom is -0.342 e. The largest absolute Gasteiger partial charge is 0.446 e. The van der Waals surface area contributed by atoms with E-state index in [4.69, 9.17) is 0 Å². The molecule has 0 radical (unpaired) electrons. The lowest BCUT2D eigenvalue weighted by molar-refractivity contribution is -0.135. The lowest BCUT2D eigenvalue weighted by Gasteiger charge is -2.33. The molecule has 142 valence electrons. The molecule has 2 saturated heterocycles. The first-order valence-corrected chi connectivity index (χ1v) is 9.59. The Morgan fingerprint density at radius 1 is 0.962 bits per heavy atom. The Bertz CT molecular complexity index is 667. The number of likely N-dealkylation sites (tertiary alicyclic amines) is 2. The lowest BCUT2D eigenvalue weighted by atomic mass is 9.95. The van der Waals surface area contributed by atoms with Crippen LogP contribution < -0.4 is 0 Å². The number of rotatable bonds is 3. The Morgan fingerprint density at radius 2 is 1.58 bits per heavy atom. The first-order chi connectivity index (χ1) is 12.3. The van der Waals surface area contributed by atoms with Gasteiger partial charge in [0, 0.05) is 37.0 Å². The van der Waals surface area contributed by atoms with E-state index in [0.29, 0.717) is 25.9 Å². The van der Waals surface area contributed by atoms with Gasteiger partial charge in [-0.1, -0.05) is 12.1 Å². The Labute approximate surface area is 154 Å². The van der Waals surface area contributed by atoms with Crippen LogP contribution in [0.4, 0.5) is 13.2 Å². The molecule has 1 aromatic rings. The van der Waals surface area contributed by atoms with Gasteiger partial charge in [-0.05, 0) is 49.6 Å². The number of amides is 2. The van der Waals surface area contributed by atoms with Crippen molar-refractivity contribution in [3.05, 3.63) is 29.8 Å². The van der Waals surface area contributed by atoms with E-state index in [1.807, 2.05) is 4.90 Å². The van der Waals surface area contributed by atoms with Crippen LogP contribution in [0, 0.1) is 5.92 Å². The van der Waals surface area contributed by atoms with E-state index >= 15 is 0 Å². The fraction of sp³-hybridized carbons (Fsp3) is 0.556. The maximum Gasteiger partial charge on any atom is 0.446 e. The van der Waals surface area contributed by atoms with Gasteiger partial charge in [0.05, 0.1) is 5.56 Å². The van der Waals surface area contributed by atoms with Crippen molar-refractivity contribution in [1.29, 1.82) is 0 Å². The number of benzene rings is 1. The summed E-state index contributed by atoms with van der Waals surface area (Å²) in [6, 6.07) is 5.80. The smallest absolute Gasteiger partial charge is 0.342 e. The summed E-state index contributed by atoms with van der Waals surface area (Å²) in [5.41, 5.74) is -4.37. The van der Waals surface area contributed by atoms with Crippen molar-refractivity contribution in [1.82, 2.24) is 9.80 Å². The average Bonchev–Trinajstić information content (AvgIpc) is 3.14. The minimum absolute atomic E-state index is 0.0687. The molecule has 2 aliphatic rings. The quantitative estimate of drug-likeness (QED) is 0.743. The van der Waals surface area contributed by atoms with Gasteiger partial charge in [0.15, 0.2) is 0 Å². The summed E-state index contributed by atoms with van der Waals surface area (Å²) in [4.78, 5) is 28.5. The molecular formula is C18H21F3N2O2S. The number of hydrogen-bond acceptors (Lipinski definition) is 3. The summed E-state index contributed by atoms with van der Waals surface area (Å²) in [6.45, 7) is 2.40. The van der Waals surface area contributed by atoms with Gasteiger partial charge in [-0.15, -0.1) is 0 Å². The molecule has 0 saturated carbocycles. The number of halogens is 3. The molecule has 2 heterocycles. The molecule has 0 bridgehead atoms. The van der Waals surface area contributed by atoms with E-state index in [-0.39, 0.29) is 34.0 Å². The highest BCUT2D eigenvalue weighted by molar-refractivity contribution is 8.00. The van der Waals surface area contributed by atoms with Crippen molar-refractivity contribution in [2.45, 2.75) is 36.1 Å². The zero-order valence-corrected chi connectivity index (χ0v) is 15.1. The predicted molar refractivity (Wildman–Crippen MR) is 92.8 cm³/mol. The highest BCUT2D eigenvalue weighted by atomic mass is 32.2. The second kappa shape index (κ2) is 7.90. The molecule has 0 spiro atoms. The van der Waals surface area contributed by atoms with Crippen LogP contribution >= 0.6 is 11.8 Å². The maximum absolute atomic E-state index is 12.7. The number of piperidine rings is 1. The van der Waals surface area contributed by atoms with E-state index in [0.717, 1.165) is 25.9 Å².